The van der Waals surface area contributed by atoms with E-state index in [2.05, 4.69) is 10.3 Å². The van der Waals surface area contributed by atoms with E-state index in [1.807, 2.05) is 42.8 Å². The normalized spacial score (nSPS) is 11.9. The Morgan fingerprint density at radius 3 is 2.65 bits per heavy atom. The van der Waals surface area contributed by atoms with Crippen molar-refractivity contribution in [1.82, 2.24) is 9.55 Å². The Hall–Kier alpha value is -2.30. The standard InChI is InChI=1S/C15H19N3O2/c1-4-20-15(19)14(13-9-16-10-18(13)3)17-12-7-5-11(2)6-8-12/h5-10,14,17H,4H2,1-3H3. The van der Waals surface area contributed by atoms with Gasteiger partial charge in [-0.3, -0.25) is 0 Å². The van der Waals surface area contributed by atoms with Crippen LogP contribution < -0.4 is 5.32 Å². The molecule has 0 fully saturated rings. The first-order valence-corrected chi connectivity index (χ1v) is 6.58. The van der Waals surface area contributed by atoms with Gasteiger partial charge in [0.2, 0.25) is 0 Å². The van der Waals surface area contributed by atoms with Crippen molar-refractivity contribution in [2.24, 2.45) is 7.05 Å². The van der Waals surface area contributed by atoms with Gasteiger partial charge in [-0.05, 0) is 26.0 Å². The molecule has 0 aliphatic rings. The van der Waals surface area contributed by atoms with Gasteiger partial charge in [0.05, 0.1) is 24.8 Å². The first-order valence-electron chi connectivity index (χ1n) is 6.58. The van der Waals surface area contributed by atoms with Crippen LogP contribution in [0, 0.1) is 6.92 Å². The molecule has 106 valence electrons. The lowest BCUT2D eigenvalue weighted by Crippen LogP contribution is -2.25. The summed E-state index contributed by atoms with van der Waals surface area (Å²) < 4.78 is 6.94. The summed E-state index contributed by atoms with van der Waals surface area (Å²) in [4.78, 5) is 16.2. The zero-order valence-corrected chi connectivity index (χ0v) is 12.0. The summed E-state index contributed by atoms with van der Waals surface area (Å²) in [5, 5.41) is 3.20. The number of aromatic nitrogens is 2. The highest BCUT2D eigenvalue weighted by atomic mass is 16.5. The fraction of sp³-hybridized carbons (Fsp3) is 0.333. The molecule has 20 heavy (non-hydrogen) atoms. The predicted octanol–water partition coefficient (Wildman–Crippen LogP) is 2.44. The number of esters is 1. The molecule has 1 unspecified atom stereocenters. The second kappa shape index (κ2) is 6.23. The third-order valence-corrected chi connectivity index (χ3v) is 3.03. The van der Waals surface area contributed by atoms with E-state index in [9.17, 15) is 4.79 Å². The minimum atomic E-state index is -0.565. The van der Waals surface area contributed by atoms with Crippen LogP contribution in [0.15, 0.2) is 36.8 Å². The molecule has 0 aliphatic heterocycles. The number of anilines is 1. The van der Waals surface area contributed by atoms with Crippen LogP contribution in [0.25, 0.3) is 0 Å². The Balaban J connectivity index is 2.25. The second-order valence-corrected chi connectivity index (χ2v) is 4.62. The van der Waals surface area contributed by atoms with E-state index in [4.69, 9.17) is 4.74 Å². The summed E-state index contributed by atoms with van der Waals surface area (Å²) in [5.41, 5.74) is 2.81. The molecular formula is C15H19N3O2. The number of rotatable bonds is 5. The number of nitrogens with one attached hydrogen (secondary N) is 1. The molecule has 0 bridgehead atoms. The van der Waals surface area contributed by atoms with Crippen molar-refractivity contribution in [3.63, 3.8) is 0 Å². The molecule has 1 atom stereocenters. The van der Waals surface area contributed by atoms with Crippen molar-refractivity contribution in [3.05, 3.63) is 48.0 Å². The minimum absolute atomic E-state index is 0.309. The van der Waals surface area contributed by atoms with E-state index in [0.29, 0.717) is 6.61 Å². The van der Waals surface area contributed by atoms with Gasteiger partial charge in [0.25, 0.3) is 0 Å². The van der Waals surface area contributed by atoms with Gasteiger partial charge in [0.15, 0.2) is 6.04 Å². The average Bonchev–Trinajstić information content (AvgIpc) is 2.84. The van der Waals surface area contributed by atoms with Gasteiger partial charge in [0, 0.05) is 12.7 Å². The number of ether oxygens (including phenoxy) is 1. The summed E-state index contributed by atoms with van der Waals surface area (Å²) in [6.45, 7) is 4.17. The van der Waals surface area contributed by atoms with E-state index in [0.717, 1.165) is 11.4 Å². The van der Waals surface area contributed by atoms with Gasteiger partial charge in [-0.25, -0.2) is 9.78 Å². The van der Waals surface area contributed by atoms with Crippen LogP contribution in [0.3, 0.4) is 0 Å². The number of imidazole rings is 1. The fourth-order valence-corrected chi connectivity index (χ4v) is 1.94. The zero-order valence-electron chi connectivity index (χ0n) is 12.0. The quantitative estimate of drug-likeness (QED) is 0.850. The van der Waals surface area contributed by atoms with Gasteiger partial charge >= 0.3 is 5.97 Å². The van der Waals surface area contributed by atoms with Crippen molar-refractivity contribution in [3.8, 4) is 0 Å². The number of hydrogen-bond acceptors (Lipinski definition) is 4. The molecule has 1 aromatic carbocycles. The average molecular weight is 273 g/mol. The Kier molecular flexibility index (Phi) is 4.40. The van der Waals surface area contributed by atoms with Crippen LogP contribution in [0.4, 0.5) is 5.69 Å². The van der Waals surface area contributed by atoms with Crippen molar-refractivity contribution in [2.45, 2.75) is 19.9 Å². The lowest BCUT2D eigenvalue weighted by atomic mass is 10.1. The maximum atomic E-state index is 12.1. The molecule has 1 N–H and O–H groups in total. The number of aryl methyl sites for hydroxylation is 2. The molecule has 0 saturated heterocycles. The van der Waals surface area contributed by atoms with Gasteiger partial charge in [-0.15, -0.1) is 0 Å². The first-order chi connectivity index (χ1) is 9.61. The van der Waals surface area contributed by atoms with Crippen LogP contribution >= 0.6 is 0 Å². The smallest absolute Gasteiger partial charge is 0.334 e. The number of benzene rings is 1. The van der Waals surface area contributed by atoms with E-state index < -0.39 is 6.04 Å². The molecular weight excluding hydrogens is 254 g/mol. The molecule has 5 heteroatoms. The van der Waals surface area contributed by atoms with Crippen LogP contribution in [-0.2, 0) is 16.6 Å². The Morgan fingerprint density at radius 2 is 2.10 bits per heavy atom. The van der Waals surface area contributed by atoms with Gasteiger partial charge in [-0.2, -0.15) is 0 Å². The fourth-order valence-electron chi connectivity index (χ4n) is 1.94. The molecule has 0 aliphatic carbocycles. The van der Waals surface area contributed by atoms with Crippen LogP contribution in [-0.4, -0.2) is 22.1 Å². The third-order valence-electron chi connectivity index (χ3n) is 3.03. The van der Waals surface area contributed by atoms with E-state index >= 15 is 0 Å². The molecule has 1 aromatic heterocycles. The molecule has 2 rings (SSSR count). The number of carbonyl (C=O) groups is 1. The van der Waals surface area contributed by atoms with Crippen LogP contribution in [0.1, 0.15) is 24.2 Å². The topological polar surface area (TPSA) is 56.1 Å². The largest absolute Gasteiger partial charge is 0.464 e. The molecule has 1 heterocycles. The van der Waals surface area contributed by atoms with E-state index in [1.54, 1.807) is 19.4 Å². The van der Waals surface area contributed by atoms with E-state index in [1.165, 1.54) is 5.56 Å². The van der Waals surface area contributed by atoms with Crippen LogP contribution in [0.5, 0.6) is 0 Å². The Morgan fingerprint density at radius 1 is 1.40 bits per heavy atom. The SMILES string of the molecule is CCOC(=O)C(Nc1ccc(C)cc1)c1cncn1C. The van der Waals surface area contributed by atoms with Gasteiger partial charge < -0.3 is 14.6 Å². The summed E-state index contributed by atoms with van der Waals surface area (Å²) in [5.74, 6) is -0.309. The van der Waals surface area contributed by atoms with Crippen molar-refractivity contribution < 1.29 is 9.53 Å². The van der Waals surface area contributed by atoms with Crippen LogP contribution in [0.2, 0.25) is 0 Å². The lowest BCUT2D eigenvalue weighted by Gasteiger charge is -2.18. The highest BCUT2D eigenvalue weighted by molar-refractivity contribution is 5.80. The number of carbonyl (C=O) groups excluding carboxylic acids is 1. The van der Waals surface area contributed by atoms with Gasteiger partial charge in [-0.1, -0.05) is 17.7 Å². The van der Waals surface area contributed by atoms with Crippen molar-refractivity contribution >= 4 is 11.7 Å². The lowest BCUT2D eigenvalue weighted by molar-refractivity contribution is -0.144. The Bertz CT molecular complexity index is 575. The highest BCUT2D eigenvalue weighted by Crippen LogP contribution is 2.21. The highest BCUT2D eigenvalue weighted by Gasteiger charge is 2.24. The molecule has 2 aromatic rings. The molecule has 0 saturated carbocycles. The summed E-state index contributed by atoms with van der Waals surface area (Å²) in [6.07, 6.45) is 3.33. The zero-order chi connectivity index (χ0) is 14.5. The minimum Gasteiger partial charge on any atom is -0.464 e. The van der Waals surface area contributed by atoms with E-state index in [-0.39, 0.29) is 5.97 Å². The number of nitrogens with zero attached hydrogens (tertiary/aromatic N) is 2. The van der Waals surface area contributed by atoms with Crippen molar-refractivity contribution in [2.75, 3.05) is 11.9 Å². The molecule has 0 amide bonds. The maximum absolute atomic E-state index is 12.1. The van der Waals surface area contributed by atoms with Crippen molar-refractivity contribution in [1.29, 1.82) is 0 Å². The molecule has 0 radical (unpaired) electrons. The second-order valence-electron chi connectivity index (χ2n) is 4.62. The summed E-state index contributed by atoms with van der Waals surface area (Å²) in [7, 11) is 1.85. The summed E-state index contributed by atoms with van der Waals surface area (Å²) in [6, 6.07) is 7.31. The first kappa shape index (κ1) is 14.1. The Labute approximate surface area is 118 Å². The maximum Gasteiger partial charge on any atom is 0.334 e. The molecule has 0 spiro atoms. The van der Waals surface area contributed by atoms with Gasteiger partial charge in [0.1, 0.15) is 0 Å². The molecule has 5 nitrogen and oxygen atoms in total. The number of hydrogen-bond donors (Lipinski definition) is 1. The summed E-state index contributed by atoms with van der Waals surface area (Å²) >= 11 is 0. The third kappa shape index (κ3) is 3.17. The monoisotopic (exact) mass is 273 g/mol. The predicted molar refractivity (Wildman–Crippen MR) is 77.4 cm³/mol.